The molecule has 7 heteroatoms. The van der Waals surface area contributed by atoms with Gasteiger partial charge in [-0.3, -0.25) is 0 Å². The van der Waals surface area contributed by atoms with Gasteiger partial charge in [0.2, 0.25) is 5.95 Å². The number of nitrogens with zero attached hydrogens (tertiary/aromatic N) is 2. The van der Waals surface area contributed by atoms with Crippen molar-refractivity contribution < 1.29 is 19.4 Å². The molecule has 0 atom stereocenters. The van der Waals surface area contributed by atoms with E-state index in [9.17, 15) is 9.90 Å². The number of aryl methyl sites for hydroxylation is 1. The lowest BCUT2D eigenvalue weighted by molar-refractivity contribution is 0.0696. The summed E-state index contributed by atoms with van der Waals surface area (Å²) in [5, 5.41) is 9.34. The first-order chi connectivity index (χ1) is 10.5. The predicted octanol–water partition coefficient (Wildman–Crippen LogP) is 1.76. The molecule has 1 heterocycles. The predicted molar refractivity (Wildman–Crippen MR) is 80.9 cm³/mol. The maximum Gasteiger partial charge on any atom is 0.339 e. The summed E-state index contributed by atoms with van der Waals surface area (Å²) in [4.78, 5) is 19.4. The Labute approximate surface area is 127 Å². The van der Waals surface area contributed by atoms with Crippen LogP contribution in [0.1, 0.15) is 16.1 Å². The first kappa shape index (κ1) is 15.7. The molecule has 3 N–H and O–H groups in total. The zero-order chi connectivity index (χ0) is 16.1. The third-order valence-corrected chi connectivity index (χ3v) is 3.01. The van der Waals surface area contributed by atoms with Crippen molar-refractivity contribution in [2.75, 3.05) is 26.1 Å². The fraction of sp³-hybridized carbons (Fsp3) is 0.267. The zero-order valence-corrected chi connectivity index (χ0v) is 12.4. The van der Waals surface area contributed by atoms with Crippen LogP contribution in [0.15, 0.2) is 24.3 Å². The molecule has 1 aromatic carbocycles. The number of carboxylic acids is 1. The van der Waals surface area contributed by atoms with E-state index < -0.39 is 5.97 Å². The van der Waals surface area contributed by atoms with Crippen LogP contribution in [0.3, 0.4) is 0 Å². The van der Waals surface area contributed by atoms with Gasteiger partial charge in [0.25, 0.3) is 0 Å². The van der Waals surface area contributed by atoms with Crippen molar-refractivity contribution >= 4 is 11.9 Å². The van der Waals surface area contributed by atoms with E-state index in [4.69, 9.17) is 15.2 Å². The van der Waals surface area contributed by atoms with Gasteiger partial charge < -0.3 is 20.3 Å². The van der Waals surface area contributed by atoms with Crippen molar-refractivity contribution in [3.05, 3.63) is 35.5 Å². The van der Waals surface area contributed by atoms with Gasteiger partial charge in [-0.1, -0.05) is 0 Å². The second kappa shape index (κ2) is 6.86. The minimum Gasteiger partial charge on any atom is -0.491 e. The largest absolute Gasteiger partial charge is 0.491 e. The highest BCUT2D eigenvalue weighted by molar-refractivity contribution is 5.96. The van der Waals surface area contributed by atoms with Crippen molar-refractivity contribution in [2.45, 2.75) is 6.92 Å². The summed E-state index contributed by atoms with van der Waals surface area (Å²) < 4.78 is 10.4. The van der Waals surface area contributed by atoms with E-state index in [2.05, 4.69) is 9.97 Å². The molecule has 0 spiro atoms. The molecule has 2 rings (SSSR count). The van der Waals surface area contributed by atoms with Crippen molar-refractivity contribution in [3.63, 3.8) is 0 Å². The molecule has 0 aliphatic heterocycles. The Morgan fingerprint density at radius 2 is 1.91 bits per heavy atom. The van der Waals surface area contributed by atoms with Crippen molar-refractivity contribution in [3.8, 4) is 17.0 Å². The number of aromatic nitrogens is 2. The van der Waals surface area contributed by atoms with Crippen LogP contribution < -0.4 is 10.5 Å². The average molecular weight is 303 g/mol. The summed E-state index contributed by atoms with van der Waals surface area (Å²) >= 11 is 0. The van der Waals surface area contributed by atoms with Gasteiger partial charge in [-0.15, -0.1) is 0 Å². The molecular formula is C15H17N3O4. The van der Waals surface area contributed by atoms with Crippen LogP contribution in [-0.4, -0.2) is 41.4 Å². The monoisotopic (exact) mass is 303 g/mol. The fourth-order valence-electron chi connectivity index (χ4n) is 2.01. The number of hydrogen-bond acceptors (Lipinski definition) is 6. The number of methoxy groups -OCH3 is 1. The van der Waals surface area contributed by atoms with E-state index >= 15 is 0 Å². The Balaban J connectivity index is 2.34. The maximum absolute atomic E-state index is 11.4. The van der Waals surface area contributed by atoms with Crippen molar-refractivity contribution in [1.29, 1.82) is 0 Å². The second-order valence-corrected chi connectivity index (χ2v) is 4.56. The van der Waals surface area contributed by atoms with Gasteiger partial charge >= 0.3 is 5.97 Å². The maximum atomic E-state index is 11.4. The lowest BCUT2D eigenvalue weighted by atomic mass is 10.0. The van der Waals surface area contributed by atoms with E-state index in [1.807, 2.05) is 0 Å². The van der Waals surface area contributed by atoms with E-state index in [1.165, 1.54) is 0 Å². The molecule has 1 aromatic heterocycles. The number of carbonyl (C=O) groups is 1. The molecular weight excluding hydrogens is 286 g/mol. The molecule has 0 aliphatic rings. The van der Waals surface area contributed by atoms with Gasteiger partial charge in [0.05, 0.1) is 18.0 Å². The zero-order valence-electron chi connectivity index (χ0n) is 12.4. The van der Waals surface area contributed by atoms with E-state index in [1.54, 1.807) is 38.3 Å². The lowest BCUT2D eigenvalue weighted by Gasteiger charge is -2.10. The fourth-order valence-corrected chi connectivity index (χ4v) is 2.01. The molecule has 0 amide bonds. The first-order valence-corrected chi connectivity index (χ1v) is 6.62. The van der Waals surface area contributed by atoms with Gasteiger partial charge in [-0.2, -0.15) is 0 Å². The number of aromatic carboxylic acids is 1. The Hall–Kier alpha value is -2.67. The molecule has 0 unspecified atom stereocenters. The summed E-state index contributed by atoms with van der Waals surface area (Å²) in [6.45, 7) is 2.52. The Kier molecular flexibility index (Phi) is 4.90. The average Bonchev–Trinajstić information content (AvgIpc) is 2.47. The molecule has 0 radical (unpaired) electrons. The van der Waals surface area contributed by atoms with Crippen molar-refractivity contribution in [2.24, 2.45) is 0 Å². The third kappa shape index (κ3) is 3.50. The summed E-state index contributed by atoms with van der Waals surface area (Å²) in [5.74, 6) is -0.387. The van der Waals surface area contributed by atoms with E-state index in [-0.39, 0.29) is 11.5 Å². The summed E-state index contributed by atoms with van der Waals surface area (Å²) in [7, 11) is 1.60. The van der Waals surface area contributed by atoms with Gasteiger partial charge in [-0.25, -0.2) is 14.8 Å². The molecule has 0 bridgehead atoms. The second-order valence-electron chi connectivity index (χ2n) is 4.56. The van der Waals surface area contributed by atoms with Crippen LogP contribution in [0.5, 0.6) is 5.75 Å². The van der Waals surface area contributed by atoms with Gasteiger partial charge in [0.15, 0.2) is 0 Å². The van der Waals surface area contributed by atoms with Crippen LogP contribution in [-0.2, 0) is 4.74 Å². The third-order valence-electron chi connectivity index (χ3n) is 3.01. The Morgan fingerprint density at radius 1 is 1.23 bits per heavy atom. The highest BCUT2D eigenvalue weighted by Gasteiger charge is 2.18. The molecule has 116 valence electrons. The number of hydrogen-bond donors (Lipinski definition) is 2. The number of carboxylic acid groups (broad SMARTS) is 1. The minimum absolute atomic E-state index is 0.0397. The lowest BCUT2D eigenvalue weighted by Crippen LogP contribution is -2.09. The Morgan fingerprint density at radius 3 is 2.50 bits per heavy atom. The standard InChI is InChI=1S/C15H17N3O4/c1-9-12(14(19)20)13(18-15(16)17-9)10-3-5-11(6-4-10)22-8-7-21-2/h3-6H,7-8H2,1-2H3,(H,19,20)(H2,16,17,18). The van der Waals surface area contributed by atoms with Crippen LogP contribution >= 0.6 is 0 Å². The number of nitrogen functional groups attached to an aromatic ring is 1. The highest BCUT2D eigenvalue weighted by atomic mass is 16.5. The summed E-state index contributed by atoms with van der Waals surface area (Å²) in [6.07, 6.45) is 0. The van der Waals surface area contributed by atoms with Gasteiger partial charge in [-0.05, 0) is 31.2 Å². The van der Waals surface area contributed by atoms with Crippen molar-refractivity contribution in [1.82, 2.24) is 9.97 Å². The highest BCUT2D eigenvalue weighted by Crippen LogP contribution is 2.26. The van der Waals surface area contributed by atoms with Gasteiger partial charge in [0.1, 0.15) is 17.9 Å². The molecule has 22 heavy (non-hydrogen) atoms. The van der Waals surface area contributed by atoms with Crippen LogP contribution in [0.25, 0.3) is 11.3 Å². The quantitative estimate of drug-likeness (QED) is 0.783. The van der Waals surface area contributed by atoms with Crippen LogP contribution in [0.4, 0.5) is 5.95 Å². The molecule has 0 fully saturated rings. The molecule has 2 aromatic rings. The Bertz CT molecular complexity index is 671. The van der Waals surface area contributed by atoms with E-state index in [0.29, 0.717) is 35.9 Å². The molecule has 0 saturated heterocycles. The SMILES string of the molecule is COCCOc1ccc(-c2nc(N)nc(C)c2C(=O)O)cc1. The smallest absolute Gasteiger partial charge is 0.339 e. The normalized spacial score (nSPS) is 10.5. The molecule has 7 nitrogen and oxygen atoms in total. The van der Waals surface area contributed by atoms with Crippen LogP contribution in [0.2, 0.25) is 0 Å². The van der Waals surface area contributed by atoms with Crippen LogP contribution in [0, 0.1) is 6.92 Å². The molecule has 0 aliphatic carbocycles. The van der Waals surface area contributed by atoms with Gasteiger partial charge in [0, 0.05) is 12.7 Å². The number of anilines is 1. The van der Waals surface area contributed by atoms with E-state index in [0.717, 1.165) is 0 Å². The number of ether oxygens (including phenoxy) is 2. The number of benzene rings is 1. The first-order valence-electron chi connectivity index (χ1n) is 6.62. The number of nitrogens with two attached hydrogens (primary N) is 1. The topological polar surface area (TPSA) is 108 Å². The summed E-state index contributed by atoms with van der Waals surface area (Å²) in [6, 6.07) is 6.94. The number of rotatable bonds is 6. The summed E-state index contributed by atoms with van der Waals surface area (Å²) in [5.41, 5.74) is 6.92. The molecule has 0 saturated carbocycles. The minimum atomic E-state index is -1.09.